The maximum atomic E-state index is 11.0. The van der Waals surface area contributed by atoms with E-state index >= 15 is 0 Å². The molecule has 1 aliphatic carbocycles. The second-order valence-electron chi connectivity index (χ2n) is 3.80. The van der Waals surface area contributed by atoms with E-state index in [2.05, 4.69) is 29.8 Å². The Balaban J connectivity index is 2.57. The lowest BCUT2D eigenvalue weighted by molar-refractivity contribution is -0.121. The topological polar surface area (TPSA) is 17.1 Å². The molecule has 2 heteroatoms. The maximum absolute atomic E-state index is 11.0. The average Bonchev–Trinajstić information content (AvgIpc) is 1.79. The van der Waals surface area contributed by atoms with Gasteiger partial charge in [0.15, 0.2) is 0 Å². The van der Waals surface area contributed by atoms with Crippen molar-refractivity contribution in [3.63, 3.8) is 0 Å². The Hall–Kier alpha value is 0.150. The Kier molecular flexibility index (Phi) is 2.18. The van der Waals surface area contributed by atoms with Crippen LogP contribution >= 0.6 is 15.9 Å². The molecule has 0 aliphatic heterocycles. The zero-order chi connectivity index (χ0) is 7.78. The third-order valence-corrected chi connectivity index (χ3v) is 2.96. The largest absolute Gasteiger partial charge is 0.298 e. The van der Waals surface area contributed by atoms with Gasteiger partial charge in [-0.1, -0.05) is 29.8 Å². The van der Waals surface area contributed by atoms with Crippen LogP contribution < -0.4 is 0 Å². The monoisotopic (exact) mass is 204 g/mol. The van der Waals surface area contributed by atoms with Crippen LogP contribution in [0, 0.1) is 5.41 Å². The smallest absolute Gasteiger partial charge is 0.146 e. The molecule has 0 heterocycles. The molecule has 58 valence electrons. The number of hydrogen-bond donors (Lipinski definition) is 0. The number of alkyl halides is 1. The summed E-state index contributed by atoms with van der Waals surface area (Å²) >= 11 is 3.38. The Bertz CT molecular complexity index is 151. The van der Waals surface area contributed by atoms with E-state index in [0.717, 1.165) is 19.3 Å². The number of hydrogen-bond acceptors (Lipinski definition) is 1. The van der Waals surface area contributed by atoms with Crippen molar-refractivity contribution in [1.29, 1.82) is 0 Å². The summed E-state index contributed by atoms with van der Waals surface area (Å²) in [7, 11) is 0. The Labute approximate surface area is 70.3 Å². The SMILES string of the molecule is CC1(C)CCC(=O)C(Br)C1. The molecule has 0 radical (unpaired) electrons. The number of carbonyl (C=O) groups is 1. The lowest BCUT2D eigenvalue weighted by Crippen LogP contribution is -2.29. The fraction of sp³-hybridized carbons (Fsp3) is 0.875. The molecule has 0 aromatic rings. The molecule has 1 nitrogen and oxygen atoms in total. The maximum Gasteiger partial charge on any atom is 0.146 e. The molecule has 0 N–H and O–H groups in total. The molecule has 1 saturated carbocycles. The highest BCUT2D eigenvalue weighted by molar-refractivity contribution is 9.10. The van der Waals surface area contributed by atoms with E-state index in [1.165, 1.54) is 0 Å². The van der Waals surface area contributed by atoms with Crippen molar-refractivity contribution in [1.82, 2.24) is 0 Å². The first kappa shape index (κ1) is 8.25. The molecule has 0 amide bonds. The minimum atomic E-state index is 0.122. The van der Waals surface area contributed by atoms with Crippen LogP contribution in [0.25, 0.3) is 0 Å². The molecule has 1 atom stereocenters. The molecule has 1 unspecified atom stereocenters. The molecule has 10 heavy (non-hydrogen) atoms. The average molecular weight is 205 g/mol. The van der Waals surface area contributed by atoms with Gasteiger partial charge in [0.1, 0.15) is 5.78 Å². The summed E-state index contributed by atoms with van der Waals surface area (Å²) in [4.78, 5) is 11.2. The van der Waals surface area contributed by atoms with Gasteiger partial charge in [0.25, 0.3) is 0 Å². The van der Waals surface area contributed by atoms with Crippen LogP contribution in [0.2, 0.25) is 0 Å². The molecule has 0 aromatic heterocycles. The van der Waals surface area contributed by atoms with Gasteiger partial charge in [-0.05, 0) is 18.3 Å². The highest BCUT2D eigenvalue weighted by atomic mass is 79.9. The minimum Gasteiger partial charge on any atom is -0.298 e. The lowest BCUT2D eigenvalue weighted by atomic mass is 9.77. The van der Waals surface area contributed by atoms with Gasteiger partial charge in [-0.2, -0.15) is 0 Å². The fourth-order valence-corrected chi connectivity index (χ4v) is 2.42. The quantitative estimate of drug-likeness (QED) is 0.555. The van der Waals surface area contributed by atoms with Crippen molar-refractivity contribution in [2.45, 2.75) is 37.9 Å². The van der Waals surface area contributed by atoms with Crippen molar-refractivity contribution in [3.05, 3.63) is 0 Å². The van der Waals surface area contributed by atoms with Gasteiger partial charge >= 0.3 is 0 Å². The van der Waals surface area contributed by atoms with Crippen molar-refractivity contribution >= 4 is 21.7 Å². The van der Waals surface area contributed by atoms with Gasteiger partial charge in [0.05, 0.1) is 4.83 Å². The van der Waals surface area contributed by atoms with Crippen LogP contribution in [0.15, 0.2) is 0 Å². The highest BCUT2D eigenvalue weighted by Gasteiger charge is 2.31. The number of ketones is 1. The van der Waals surface area contributed by atoms with E-state index in [4.69, 9.17) is 0 Å². The summed E-state index contributed by atoms with van der Waals surface area (Å²) in [5.74, 6) is 0.374. The summed E-state index contributed by atoms with van der Waals surface area (Å²) in [5, 5.41) is 0. The summed E-state index contributed by atoms with van der Waals surface area (Å²) in [5.41, 5.74) is 0.363. The number of rotatable bonds is 0. The second kappa shape index (κ2) is 2.65. The Morgan fingerprint density at radius 1 is 1.60 bits per heavy atom. The van der Waals surface area contributed by atoms with Gasteiger partial charge in [-0.15, -0.1) is 0 Å². The summed E-state index contributed by atoms with van der Waals surface area (Å²) < 4.78 is 0. The standard InChI is InChI=1S/C8H13BrO/c1-8(2)4-3-7(10)6(9)5-8/h6H,3-5H2,1-2H3. The highest BCUT2D eigenvalue weighted by Crippen LogP contribution is 2.36. The number of halogens is 1. The predicted molar refractivity (Wildman–Crippen MR) is 45.4 cm³/mol. The minimum absolute atomic E-state index is 0.122. The van der Waals surface area contributed by atoms with Gasteiger partial charge in [-0.3, -0.25) is 4.79 Å². The van der Waals surface area contributed by atoms with Gasteiger partial charge in [0, 0.05) is 6.42 Å². The van der Waals surface area contributed by atoms with Crippen molar-refractivity contribution in [2.24, 2.45) is 5.41 Å². The normalized spacial score (nSPS) is 32.3. The number of carbonyl (C=O) groups excluding carboxylic acids is 1. The molecule has 0 aromatic carbocycles. The first-order valence-electron chi connectivity index (χ1n) is 3.68. The molecule has 1 aliphatic rings. The second-order valence-corrected chi connectivity index (χ2v) is 4.91. The van der Waals surface area contributed by atoms with E-state index in [9.17, 15) is 4.79 Å². The zero-order valence-corrected chi connectivity index (χ0v) is 8.07. The van der Waals surface area contributed by atoms with E-state index in [-0.39, 0.29) is 4.83 Å². The van der Waals surface area contributed by atoms with Crippen LogP contribution in [0.3, 0.4) is 0 Å². The van der Waals surface area contributed by atoms with Crippen LogP contribution in [0.1, 0.15) is 33.1 Å². The first-order valence-corrected chi connectivity index (χ1v) is 4.60. The van der Waals surface area contributed by atoms with Crippen LogP contribution in [-0.4, -0.2) is 10.6 Å². The predicted octanol–water partition coefficient (Wildman–Crippen LogP) is 2.53. The lowest BCUT2D eigenvalue weighted by Gasteiger charge is -2.31. The number of Topliss-reactive ketones (excluding diaryl/α,β-unsaturated/α-hetero) is 1. The van der Waals surface area contributed by atoms with E-state index in [0.29, 0.717) is 11.2 Å². The van der Waals surface area contributed by atoms with Crippen molar-refractivity contribution in [2.75, 3.05) is 0 Å². The molecular formula is C8H13BrO. The van der Waals surface area contributed by atoms with E-state index in [1.807, 2.05) is 0 Å². The molecular weight excluding hydrogens is 192 g/mol. The Morgan fingerprint density at radius 3 is 2.60 bits per heavy atom. The van der Waals surface area contributed by atoms with E-state index < -0.39 is 0 Å². The van der Waals surface area contributed by atoms with Crippen LogP contribution in [0.4, 0.5) is 0 Å². The molecule has 1 rings (SSSR count). The van der Waals surface area contributed by atoms with Crippen molar-refractivity contribution < 1.29 is 4.79 Å². The first-order chi connectivity index (χ1) is 4.51. The third kappa shape index (κ3) is 1.82. The molecule has 0 saturated heterocycles. The molecule has 0 bridgehead atoms. The fourth-order valence-electron chi connectivity index (χ4n) is 1.32. The third-order valence-electron chi connectivity index (χ3n) is 2.13. The molecule has 1 fully saturated rings. The Morgan fingerprint density at radius 2 is 2.20 bits per heavy atom. The van der Waals surface area contributed by atoms with Crippen molar-refractivity contribution in [3.8, 4) is 0 Å². The zero-order valence-electron chi connectivity index (χ0n) is 6.48. The summed E-state index contributed by atoms with van der Waals surface area (Å²) in [6.07, 6.45) is 2.79. The van der Waals surface area contributed by atoms with Gasteiger partial charge in [0.2, 0.25) is 0 Å². The van der Waals surface area contributed by atoms with E-state index in [1.54, 1.807) is 0 Å². The summed E-state index contributed by atoms with van der Waals surface area (Å²) in [6, 6.07) is 0. The summed E-state index contributed by atoms with van der Waals surface area (Å²) in [6.45, 7) is 4.43. The van der Waals surface area contributed by atoms with Crippen LogP contribution in [-0.2, 0) is 4.79 Å². The van der Waals surface area contributed by atoms with Gasteiger partial charge in [-0.25, -0.2) is 0 Å². The van der Waals surface area contributed by atoms with Gasteiger partial charge < -0.3 is 0 Å². The van der Waals surface area contributed by atoms with Crippen LogP contribution in [0.5, 0.6) is 0 Å². The molecule has 0 spiro atoms.